The Bertz CT molecular complexity index is 340. The van der Waals surface area contributed by atoms with Crippen molar-refractivity contribution >= 4 is 21.2 Å². The van der Waals surface area contributed by atoms with E-state index < -0.39 is 9.84 Å². The molecule has 1 rings (SSSR count). The van der Waals surface area contributed by atoms with Crippen LogP contribution in [0.1, 0.15) is 12.5 Å². The molecule has 1 heterocycles. The van der Waals surface area contributed by atoms with E-state index in [-0.39, 0.29) is 17.5 Å². The molecule has 13 heavy (non-hydrogen) atoms. The third-order valence-electron chi connectivity index (χ3n) is 1.48. The first-order valence-corrected chi connectivity index (χ1v) is 6.73. The summed E-state index contributed by atoms with van der Waals surface area (Å²) < 4.78 is 22.9. The van der Waals surface area contributed by atoms with Crippen molar-refractivity contribution < 1.29 is 8.42 Å². The molecule has 1 atom stereocenters. The standard InChI is InChI=1S/C8H13NO2S2/c1-7(9)5-13(10,11)6-8-2-3-12-4-8/h2-4,7H,5-6,9H2,1H3. The van der Waals surface area contributed by atoms with Crippen molar-refractivity contribution in [2.24, 2.45) is 5.73 Å². The van der Waals surface area contributed by atoms with Crippen molar-refractivity contribution in [3.63, 3.8) is 0 Å². The molecule has 3 nitrogen and oxygen atoms in total. The molecule has 0 aliphatic rings. The van der Waals surface area contributed by atoms with Crippen LogP contribution in [0.3, 0.4) is 0 Å². The van der Waals surface area contributed by atoms with E-state index in [1.54, 1.807) is 6.92 Å². The van der Waals surface area contributed by atoms with Crippen LogP contribution < -0.4 is 5.73 Å². The van der Waals surface area contributed by atoms with E-state index in [1.807, 2.05) is 16.8 Å². The first-order valence-electron chi connectivity index (χ1n) is 3.97. The highest BCUT2D eigenvalue weighted by Gasteiger charge is 2.14. The SMILES string of the molecule is CC(N)CS(=O)(=O)Cc1ccsc1. The van der Waals surface area contributed by atoms with Crippen LogP contribution in [0, 0.1) is 0 Å². The van der Waals surface area contributed by atoms with Crippen molar-refractivity contribution in [2.75, 3.05) is 5.75 Å². The van der Waals surface area contributed by atoms with E-state index in [4.69, 9.17) is 5.73 Å². The molecule has 0 aliphatic heterocycles. The second-order valence-electron chi connectivity index (χ2n) is 3.16. The smallest absolute Gasteiger partial charge is 0.155 e. The van der Waals surface area contributed by atoms with E-state index in [0.717, 1.165) is 5.56 Å². The Kier molecular flexibility index (Phi) is 3.47. The maximum atomic E-state index is 11.4. The van der Waals surface area contributed by atoms with Gasteiger partial charge in [-0.15, -0.1) is 0 Å². The van der Waals surface area contributed by atoms with Crippen LogP contribution in [0.15, 0.2) is 16.8 Å². The van der Waals surface area contributed by atoms with Gasteiger partial charge in [0.15, 0.2) is 9.84 Å². The Morgan fingerprint density at radius 2 is 2.31 bits per heavy atom. The Labute approximate surface area is 82.5 Å². The van der Waals surface area contributed by atoms with Crippen LogP contribution in [0.25, 0.3) is 0 Å². The summed E-state index contributed by atoms with van der Waals surface area (Å²) in [6, 6.07) is 1.53. The Morgan fingerprint density at radius 3 is 2.77 bits per heavy atom. The van der Waals surface area contributed by atoms with E-state index in [0.29, 0.717) is 0 Å². The Hall–Kier alpha value is -0.390. The van der Waals surface area contributed by atoms with Gasteiger partial charge in [0.1, 0.15) is 0 Å². The fraction of sp³-hybridized carbons (Fsp3) is 0.500. The lowest BCUT2D eigenvalue weighted by Crippen LogP contribution is -2.26. The maximum absolute atomic E-state index is 11.4. The summed E-state index contributed by atoms with van der Waals surface area (Å²) in [4.78, 5) is 0. The fourth-order valence-electron chi connectivity index (χ4n) is 1.09. The van der Waals surface area contributed by atoms with Gasteiger partial charge in [-0.05, 0) is 29.3 Å². The van der Waals surface area contributed by atoms with Gasteiger partial charge in [-0.1, -0.05) is 0 Å². The van der Waals surface area contributed by atoms with Crippen LogP contribution >= 0.6 is 11.3 Å². The highest BCUT2D eigenvalue weighted by Crippen LogP contribution is 2.10. The summed E-state index contributed by atoms with van der Waals surface area (Å²) in [5, 5.41) is 3.72. The van der Waals surface area contributed by atoms with E-state index >= 15 is 0 Å². The molecule has 0 saturated heterocycles. The van der Waals surface area contributed by atoms with Crippen molar-refractivity contribution in [3.05, 3.63) is 22.4 Å². The highest BCUT2D eigenvalue weighted by molar-refractivity contribution is 7.90. The molecule has 0 aliphatic carbocycles. The lowest BCUT2D eigenvalue weighted by molar-refractivity contribution is 0.589. The molecule has 5 heteroatoms. The topological polar surface area (TPSA) is 60.2 Å². The maximum Gasteiger partial charge on any atom is 0.155 e. The van der Waals surface area contributed by atoms with Gasteiger partial charge in [-0.2, -0.15) is 11.3 Å². The molecule has 74 valence electrons. The van der Waals surface area contributed by atoms with Gasteiger partial charge < -0.3 is 5.73 Å². The molecule has 0 bridgehead atoms. The van der Waals surface area contributed by atoms with E-state index in [2.05, 4.69) is 0 Å². The highest BCUT2D eigenvalue weighted by atomic mass is 32.2. The molecule has 0 amide bonds. The minimum absolute atomic E-state index is 0.0584. The number of nitrogens with two attached hydrogens (primary N) is 1. The summed E-state index contributed by atoms with van der Waals surface area (Å²) >= 11 is 1.50. The normalized spacial score (nSPS) is 14.3. The Balaban J connectivity index is 2.63. The van der Waals surface area contributed by atoms with Crippen LogP contribution in [-0.4, -0.2) is 20.2 Å². The van der Waals surface area contributed by atoms with Crippen LogP contribution in [0.2, 0.25) is 0 Å². The number of hydrogen-bond donors (Lipinski definition) is 1. The quantitative estimate of drug-likeness (QED) is 0.822. The second kappa shape index (κ2) is 4.21. The van der Waals surface area contributed by atoms with Crippen LogP contribution in [-0.2, 0) is 15.6 Å². The molecule has 0 aromatic carbocycles. The van der Waals surface area contributed by atoms with Gasteiger partial charge in [-0.25, -0.2) is 8.42 Å². The molecular formula is C8H13NO2S2. The molecule has 2 N–H and O–H groups in total. The molecule has 0 radical (unpaired) electrons. The zero-order valence-corrected chi connectivity index (χ0v) is 9.07. The average Bonchev–Trinajstić information content (AvgIpc) is 2.34. The average molecular weight is 219 g/mol. The van der Waals surface area contributed by atoms with Gasteiger partial charge in [0.2, 0.25) is 0 Å². The van der Waals surface area contributed by atoms with Crippen molar-refractivity contribution in [2.45, 2.75) is 18.7 Å². The summed E-state index contributed by atoms with van der Waals surface area (Å²) in [5.74, 6) is 0.168. The van der Waals surface area contributed by atoms with Crippen molar-refractivity contribution in [1.29, 1.82) is 0 Å². The lowest BCUT2D eigenvalue weighted by Gasteiger charge is -2.05. The van der Waals surface area contributed by atoms with Crippen LogP contribution in [0.4, 0.5) is 0 Å². The number of rotatable bonds is 4. The largest absolute Gasteiger partial charge is 0.327 e. The predicted molar refractivity (Wildman–Crippen MR) is 55.5 cm³/mol. The lowest BCUT2D eigenvalue weighted by atomic mass is 10.4. The molecule has 1 aromatic heterocycles. The number of hydrogen-bond acceptors (Lipinski definition) is 4. The third-order valence-corrected chi connectivity index (χ3v) is 4.02. The fourth-order valence-corrected chi connectivity index (χ4v) is 3.47. The monoisotopic (exact) mass is 219 g/mol. The first-order chi connectivity index (χ1) is 5.99. The summed E-state index contributed by atoms with van der Waals surface area (Å²) in [6.07, 6.45) is 0. The molecule has 0 saturated carbocycles. The molecule has 1 unspecified atom stereocenters. The summed E-state index contributed by atoms with van der Waals surface area (Å²) in [7, 11) is -3.02. The van der Waals surface area contributed by atoms with Gasteiger partial charge in [0.05, 0.1) is 11.5 Å². The van der Waals surface area contributed by atoms with Crippen molar-refractivity contribution in [3.8, 4) is 0 Å². The zero-order valence-electron chi connectivity index (χ0n) is 7.43. The first kappa shape index (κ1) is 10.7. The Morgan fingerprint density at radius 1 is 1.62 bits per heavy atom. The summed E-state index contributed by atoms with van der Waals surface area (Å²) in [6.45, 7) is 1.70. The minimum Gasteiger partial charge on any atom is -0.327 e. The molecule has 1 aromatic rings. The predicted octanol–water partition coefficient (Wildman–Crippen LogP) is 1.01. The molecular weight excluding hydrogens is 206 g/mol. The van der Waals surface area contributed by atoms with E-state index in [1.165, 1.54) is 11.3 Å². The second-order valence-corrected chi connectivity index (χ2v) is 6.05. The molecule has 0 spiro atoms. The van der Waals surface area contributed by atoms with Crippen LogP contribution in [0.5, 0.6) is 0 Å². The molecule has 0 fully saturated rings. The van der Waals surface area contributed by atoms with E-state index in [9.17, 15) is 8.42 Å². The number of thiophene rings is 1. The number of sulfone groups is 1. The third kappa shape index (κ3) is 3.89. The van der Waals surface area contributed by atoms with Gasteiger partial charge in [-0.3, -0.25) is 0 Å². The minimum atomic E-state index is -3.02. The summed E-state index contributed by atoms with van der Waals surface area (Å²) in [5.41, 5.74) is 6.28. The zero-order chi connectivity index (χ0) is 9.90. The van der Waals surface area contributed by atoms with Crippen molar-refractivity contribution in [1.82, 2.24) is 0 Å². The van der Waals surface area contributed by atoms with Gasteiger partial charge in [0.25, 0.3) is 0 Å². The van der Waals surface area contributed by atoms with Gasteiger partial charge >= 0.3 is 0 Å². The van der Waals surface area contributed by atoms with Gasteiger partial charge in [0, 0.05) is 6.04 Å².